The van der Waals surface area contributed by atoms with Crippen molar-refractivity contribution in [3.63, 3.8) is 0 Å². The highest BCUT2D eigenvalue weighted by Crippen LogP contribution is 2.51. The Balaban J connectivity index is 1.52. The fourth-order valence-electron chi connectivity index (χ4n) is 6.30. The summed E-state index contributed by atoms with van der Waals surface area (Å²) in [5.74, 6) is 0. The molecule has 0 N–H and O–H groups in total. The molecule has 7 aromatic rings. The molecular weight excluding hydrogens is 686 g/mol. The molecule has 0 aliphatic carbocycles. The van der Waals surface area contributed by atoms with Crippen molar-refractivity contribution in [2.24, 2.45) is 9.49 Å². The normalized spacial score (nSPS) is 11.5. The molecule has 0 saturated heterocycles. The molecule has 0 aliphatic rings. The minimum Gasteiger partial charge on any atom is -0.285 e. The maximum atomic E-state index is 5.90. The van der Waals surface area contributed by atoms with Crippen LogP contribution in [0.3, 0.4) is 0 Å². The average molecular weight is 722 g/mol. The van der Waals surface area contributed by atoms with Crippen LogP contribution in [0.25, 0.3) is 0 Å². The van der Waals surface area contributed by atoms with Gasteiger partial charge in [-0.1, -0.05) is 198 Å². The van der Waals surface area contributed by atoms with E-state index < -0.39 is 14.1 Å². The lowest BCUT2D eigenvalue weighted by Crippen LogP contribution is -2.25. The Hall–Kier alpha value is -4.52. The number of rotatable bonds is 9. The lowest BCUT2D eigenvalue weighted by molar-refractivity contribution is 1.08. The fraction of sp³-hybridized carbons (Fsp3) is 0.0233. The Labute approximate surface area is 292 Å². The van der Waals surface area contributed by atoms with Gasteiger partial charge in [-0.05, 0) is 18.2 Å². The summed E-state index contributed by atoms with van der Waals surface area (Å²) >= 11 is 3.80. The zero-order chi connectivity index (χ0) is 32.7. The topological polar surface area (TPSA) is 24.7 Å². The minimum absolute atomic E-state index is 0.503. The lowest BCUT2D eigenvalue weighted by Gasteiger charge is -2.28. The predicted octanol–water partition coefficient (Wildman–Crippen LogP) is 9.94. The number of benzene rings is 7. The largest absolute Gasteiger partial charge is 0.285 e. The average Bonchev–Trinajstić information content (AvgIpc) is 3.17. The lowest BCUT2D eigenvalue weighted by atomic mass is 10.2. The molecule has 0 aliphatic heterocycles. The van der Waals surface area contributed by atoms with Gasteiger partial charge in [0.2, 0.25) is 0 Å². The van der Waals surface area contributed by atoms with E-state index in [2.05, 4.69) is 216 Å². The molecule has 0 radical (unpaired) electrons. The SMILES string of the molecule is Brc1ccc(N=P(c2ccccc2)(c2ccccc2)c2ccccc2)c(CN=P(c2ccccc2)(c2ccccc2)c2ccccc2)c1. The van der Waals surface area contributed by atoms with Gasteiger partial charge in [-0.2, -0.15) is 0 Å². The molecule has 234 valence electrons. The highest BCUT2D eigenvalue weighted by Gasteiger charge is 2.29. The third-order valence-corrected chi connectivity index (χ3v) is 16.4. The smallest absolute Gasteiger partial charge is 0.0676 e. The molecule has 0 bridgehead atoms. The van der Waals surface area contributed by atoms with Crippen LogP contribution in [-0.2, 0) is 6.54 Å². The molecule has 7 rings (SSSR count). The van der Waals surface area contributed by atoms with Gasteiger partial charge in [0.05, 0.1) is 26.3 Å². The Morgan fingerprint density at radius 3 is 1.02 bits per heavy atom. The van der Waals surface area contributed by atoms with Gasteiger partial charge in [-0.3, -0.25) is 9.49 Å². The van der Waals surface area contributed by atoms with E-state index in [1.807, 2.05) is 0 Å². The highest BCUT2D eigenvalue weighted by molar-refractivity contribution is 9.10. The summed E-state index contributed by atoms with van der Waals surface area (Å²) in [5.41, 5.74) is 2.04. The molecule has 0 amide bonds. The molecule has 7 aromatic carbocycles. The van der Waals surface area contributed by atoms with Crippen molar-refractivity contribution in [2.75, 3.05) is 0 Å². The standard InChI is InChI=1S/C43H35BrN2P2/c44-36-31-32-43(46-48(40-25-13-4-14-26-40,41-27-15-5-16-28-41)42-29-17-6-18-30-42)35(33-36)34-45-47(37-19-7-1-8-20-37,38-21-9-2-10-22-38)39-23-11-3-12-24-39/h1-33H,34H2. The summed E-state index contributed by atoms with van der Waals surface area (Å²) in [6.45, 7) is 0.503. The number of hydrogen-bond donors (Lipinski definition) is 0. The van der Waals surface area contributed by atoms with Crippen LogP contribution in [0.2, 0.25) is 0 Å². The summed E-state index contributed by atoms with van der Waals surface area (Å²) in [4.78, 5) is 0. The molecule has 0 spiro atoms. The monoisotopic (exact) mass is 720 g/mol. The van der Waals surface area contributed by atoms with E-state index in [1.54, 1.807) is 0 Å². The van der Waals surface area contributed by atoms with E-state index in [1.165, 1.54) is 31.8 Å². The Morgan fingerprint density at radius 1 is 0.375 bits per heavy atom. The molecular formula is C43H35BrN2P2. The van der Waals surface area contributed by atoms with Crippen molar-refractivity contribution in [3.8, 4) is 0 Å². The first kappa shape index (κ1) is 32.0. The molecule has 0 fully saturated rings. The maximum absolute atomic E-state index is 5.90. The van der Waals surface area contributed by atoms with E-state index in [4.69, 9.17) is 9.49 Å². The van der Waals surface area contributed by atoms with Crippen LogP contribution in [-0.4, -0.2) is 0 Å². The second-order valence-electron chi connectivity index (χ2n) is 11.5. The van der Waals surface area contributed by atoms with Crippen LogP contribution in [0, 0.1) is 0 Å². The molecule has 0 atom stereocenters. The summed E-state index contributed by atoms with van der Waals surface area (Å²) in [6.07, 6.45) is 0. The number of halogens is 1. The molecule has 48 heavy (non-hydrogen) atoms. The molecule has 2 nitrogen and oxygen atoms in total. The minimum atomic E-state index is -2.48. The second-order valence-corrected chi connectivity index (χ2v) is 18.5. The Morgan fingerprint density at radius 2 is 0.688 bits per heavy atom. The third-order valence-electron chi connectivity index (χ3n) is 8.53. The molecule has 0 unspecified atom stereocenters. The summed E-state index contributed by atoms with van der Waals surface area (Å²) in [7, 11) is -4.88. The molecule has 0 heterocycles. The first-order chi connectivity index (χ1) is 23.7. The summed E-state index contributed by atoms with van der Waals surface area (Å²) < 4.78 is 12.7. The predicted molar refractivity (Wildman–Crippen MR) is 213 cm³/mol. The maximum Gasteiger partial charge on any atom is 0.0676 e. The molecule has 0 saturated carbocycles. The fourth-order valence-corrected chi connectivity index (χ4v) is 13.8. The Bertz CT molecular complexity index is 2000. The van der Waals surface area contributed by atoms with Crippen LogP contribution in [0.15, 0.2) is 214 Å². The highest BCUT2D eigenvalue weighted by atomic mass is 79.9. The van der Waals surface area contributed by atoms with Gasteiger partial charge in [0, 0.05) is 41.9 Å². The van der Waals surface area contributed by atoms with Gasteiger partial charge >= 0.3 is 0 Å². The van der Waals surface area contributed by atoms with Crippen LogP contribution in [0.5, 0.6) is 0 Å². The van der Waals surface area contributed by atoms with E-state index in [-0.39, 0.29) is 0 Å². The van der Waals surface area contributed by atoms with Gasteiger partial charge < -0.3 is 0 Å². The third kappa shape index (κ3) is 6.35. The summed E-state index contributed by atoms with van der Waals surface area (Å²) in [6, 6.07) is 71.3. The van der Waals surface area contributed by atoms with Crippen molar-refractivity contribution in [2.45, 2.75) is 6.54 Å². The van der Waals surface area contributed by atoms with Crippen molar-refractivity contribution in [1.82, 2.24) is 0 Å². The number of nitrogens with zero attached hydrogens (tertiary/aromatic N) is 2. The Kier molecular flexibility index (Phi) is 9.82. The van der Waals surface area contributed by atoms with Crippen molar-refractivity contribution in [1.29, 1.82) is 0 Å². The van der Waals surface area contributed by atoms with E-state index in [9.17, 15) is 0 Å². The zero-order valence-corrected chi connectivity index (χ0v) is 29.8. The first-order valence-electron chi connectivity index (χ1n) is 16.0. The quantitative estimate of drug-likeness (QED) is 0.133. The van der Waals surface area contributed by atoms with E-state index >= 15 is 0 Å². The summed E-state index contributed by atoms with van der Waals surface area (Å²) in [5, 5.41) is 7.34. The van der Waals surface area contributed by atoms with Gasteiger partial charge in [-0.15, -0.1) is 0 Å². The zero-order valence-electron chi connectivity index (χ0n) is 26.4. The van der Waals surface area contributed by atoms with Gasteiger partial charge in [0.25, 0.3) is 0 Å². The van der Waals surface area contributed by atoms with E-state index in [0.717, 1.165) is 15.7 Å². The van der Waals surface area contributed by atoms with Crippen molar-refractivity contribution in [3.05, 3.63) is 210 Å². The van der Waals surface area contributed by atoms with Crippen LogP contribution in [0.4, 0.5) is 5.69 Å². The van der Waals surface area contributed by atoms with Crippen molar-refractivity contribution < 1.29 is 0 Å². The van der Waals surface area contributed by atoms with E-state index in [0.29, 0.717) is 6.54 Å². The second kappa shape index (κ2) is 14.7. The van der Waals surface area contributed by atoms with Crippen molar-refractivity contribution >= 4 is 67.6 Å². The van der Waals surface area contributed by atoms with Crippen LogP contribution >= 0.6 is 30.0 Å². The van der Waals surface area contributed by atoms with Gasteiger partial charge in [0.1, 0.15) is 0 Å². The van der Waals surface area contributed by atoms with Gasteiger partial charge in [0.15, 0.2) is 0 Å². The van der Waals surface area contributed by atoms with Crippen LogP contribution < -0.4 is 31.8 Å². The number of hydrogen-bond acceptors (Lipinski definition) is 2. The molecule has 0 aromatic heterocycles. The van der Waals surface area contributed by atoms with Crippen LogP contribution in [0.1, 0.15) is 5.56 Å². The molecule has 5 heteroatoms. The van der Waals surface area contributed by atoms with Gasteiger partial charge in [-0.25, -0.2) is 0 Å². The first-order valence-corrected chi connectivity index (χ1v) is 20.3.